The number of hydrogen-bond donors (Lipinski definition) is 1. The summed E-state index contributed by atoms with van der Waals surface area (Å²) in [5.41, 5.74) is 7.85. The highest BCUT2D eigenvalue weighted by Gasteiger charge is 2.24. The highest BCUT2D eigenvalue weighted by atomic mass is 32.2. The zero-order valence-electron chi connectivity index (χ0n) is 9.44. The summed E-state index contributed by atoms with van der Waals surface area (Å²) in [6.07, 6.45) is 0.928. The molecule has 2 N–H and O–H groups in total. The second-order valence-electron chi connectivity index (χ2n) is 4.15. The van der Waals surface area contributed by atoms with Crippen LogP contribution >= 0.6 is 0 Å². The molecule has 1 heterocycles. The van der Waals surface area contributed by atoms with Crippen molar-refractivity contribution in [3.63, 3.8) is 0 Å². The number of fused-ring (bicyclic) bond motifs is 1. The minimum atomic E-state index is -0.854. The third kappa shape index (κ3) is 2.62. The first-order valence-corrected chi connectivity index (χ1v) is 6.99. The molecule has 88 valence electrons. The van der Waals surface area contributed by atoms with Crippen molar-refractivity contribution < 1.29 is 8.95 Å². The second-order valence-corrected chi connectivity index (χ2v) is 5.78. The van der Waals surface area contributed by atoms with Gasteiger partial charge in [-0.2, -0.15) is 0 Å². The van der Waals surface area contributed by atoms with Gasteiger partial charge >= 0.3 is 0 Å². The van der Waals surface area contributed by atoms with E-state index in [1.165, 1.54) is 11.1 Å². The van der Waals surface area contributed by atoms with E-state index in [9.17, 15) is 4.21 Å². The molecule has 0 fully saturated rings. The van der Waals surface area contributed by atoms with Gasteiger partial charge in [0.1, 0.15) is 11.9 Å². The Kier molecular flexibility index (Phi) is 3.61. The lowest BCUT2D eigenvalue weighted by Crippen LogP contribution is -2.24. The van der Waals surface area contributed by atoms with E-state index in [0.717, 1.165) is 12.2 Å². The molecule has 0 saturated carbocycles. The third-order valence-corrected chi connectivity index (χ3v) is 4.11. The predicted octanol–water partition coefficient (Wildman–Crippen LogP) is 1.01. The smallest absolute Gasteiger partial charge is 0.123 e. The Hall–Kier alpha value is -0.870. The molecule has 0 aromatic heterocycles. The standard InChI is InChI=1S/C12H17NO2S/c1-9-2-3-12-10(6-9)7-11(15-12)8-16(14)5-4-13/h2-3,6,11H,4-5,7-8,13H2,1H3. The molecular weight excluding hydrogens is 222 g/mol. The van der Waals surface area contributed by atoms with Crippen molar-refractivity contribution in [2.24, 2.45) is 5.73 Å². The normalized spacial score (nSPS) is 20.2. The molecule has 2 unspecified atom stereocenters. The van der Waals surface area contributed by atoms with Crippen LogP contribution in [0.4, 0.5) is 0 Å². The molecule has 1 aromatic rings. The van der Waals surface area contributed by atoms with Crippen molar-refractivity contribution >= 4 is 10.8 Å². The van der Waals surface area contributed by atoms with Crippen LogP contribution in [0, 0.1) is 6.92 Å². The van der Waals surface area contributed by atoms with Gasteiger partial charge in [-0.25, -0.2) is 0 Å². The van der Waals surface area contributed by atoms with Crippen LogP contribution in [0.2, 0.25) is 0 Å². The molecule has 1 aliphatic rings. The first-order chi connectivity index (χ1) is 7.69. The minimum Gasteiger partial charge on any atom is -0.489 e. The molecule has 1 aromatic carbocycles. The number of hydrogen-bond acceptors (Lipinski definition) is 3. The molecule has 0 radical (unpaired) electrons. The Morgan fingerprint density at radius 2 is 2.38 bits per heavy atom. The third-order valence-electron chi connectivity index (χ3n) is 2.67. The number of ether oxygens (including phenoxy) is 1. The maximum atomic E-state index is 11.6. The summed E-state index contributed by atoms with van der Waals surface area (Å²) in [6.45, 7) is 2.55. The molecule has 2 atom stereocenters. The highest BCUT2D eigenvalue weighted by Crippen LogP contribution is 2.29. The van der Waals surface area contributed by atoms with E-state index >= 15 is 0 Å². The minimum absolute atomic E-state index is 0.0594. The van der Waals surface area contributed by atoms with Crippen molar-refractivity contribution in [3.8, 4) is 5.75 Å². The van der Waals surface area contributed by atoms with E-state index in [0.29, 0.717) is 18.1 Å². The van der Waals surface area contributed by atoms with Gasteiger partial charge in [0.05, 0.1) is 5.75 Å². The summed E-state index contributed by atoms with van der Waals surface area (Å²) in [4.78, 5) is 0. The maximum absolute atomic E-state index is 11.6. The van der Waals surface area contributed by atoms with Gasteiger partial charge in [0.25, 0.3) is 0 Å². The van der Waals surface area contributed by atoms with Crippen molar-refractivity contribution in [2.75, 3.05) is 18.1 Å². The second kappa shape index (κ2) is 4.97. The Morgan fingerprint density at radius 3 is 3.12 bits per heavy atom. The summed E-state index contributed by atoms with van der Waals surface area (Å²) in [5.74, 6) is 2.10. The topological polar surface area (TPSA) is 52.3 Å². The largest absolute Gasteiger partial charge is 0.489 e. The summed E-state index contributed by atoms with van der Waals surface area (Å²) in [7, 11) is -0.854. The van der Waals surface area contributed by atoms with Gasteiger partial charge in [-0.05, 0) is 18.6 Å². The van der Waals surface area contributed by atoms with Crippen LogP contribution in [0.15, 0.2) is 18.2 Å². The van der Waals surface area contributed by atoms with Crippen LogP contribution in [0.25, 0.3) is 0 Å². The van der Waals surface area contributed by atoms with Crippen LogP contribution in [-0.4, -0.2) is 28.4 Å². The van der Waals surface area contributed by atoms with Gasteiger partial charge in [0, 0.05) is 29.5 Å². The maximum Gasteiger partial charge on any atom is 0.123 e. The molecule has 0 spiro atoms. The van der Waals surface area contributed by atoms with E-state index in [1.54, 1.807) is 0 Å². The summed E-state index contributed by atoms with van der Waals surface area (Å²) < 4.78 is 17.3. The Labute approximate surface area is 98.4 Å². The molecule has 2 rings (SSSR count). The molecule has 16 heavy (non-hydrogen) atoms. The van der Waals surface area contributed by atoms with Crippen molar-refractivity contribution in [1.82, 2.24) is 0 Å². The van der Waals surface area contributed by atoms with E-state index < -0.39 is 10.8 Å². The van der Waals surface area contributed by atoms with E-state index in [4.69, 9.17) is 10.5 Å². The van der Waals surface area contributed by atoms with Gasteiger partial charge in [-0.3, -0.25) is 4.21 Å². The lowest BCUT2D eigenvalue weighted by Gasteiger charge is -2.09. The van der Waals surface area contributed by atoms with Gasteiger partial charge in [0.15, 0.2) is 0 Å². The van der Waals surface area contributed by atoms with Crippen LogP contribution in [0.1, 0.15) is 11.1 Å². The summed E-state index contributed by atoms with van der Waals surface area (Å²) >= 11 is 0. The molecular formula is C12H17NO2S. The van der Waals surface area contributed by atoms with Crippen LogP contribution in [0.5, 0.6) is 5.75 Å². The molecule has 0 aliphatic carbocycles. The van der Waals surface area contributed by atoms with Gasteiger partial charge in [-0.15, -0.1) is 0 Å². The average Bonchev–Trinajstić information content (AvgIpc) is 2.59. The zero-order chi connectivity index (χ0) is 11.5. The number of nitrogens with two attached hydrogens (primary N) is 1. The summed E-state index contributed by atoms with van der Waals surface area (Å²) in [6, 6.07) is 6.18. The van der Waals surface area contributed by atoms with Crippen molar-refractivity contribution in [3.05, 3.63) is 29.3 Å². The van der Waals surface area contributed by atoms with Crippen molar-refractivity contribution in [1.29, 1.82) is 0 Å². The first-order valence-electron chi connectivity index (χ1n) is 5.50. The number of rotatable bonds is 4. The number of aryl methyl sites for hydroxylation is 1. The molecule has 1 aliphatic heterocycles. The number of benzene rings is 1. The fraction of sp³-hybridized carbons (Fsp3) is 0.500. The first kappa shape index (κ1) is 11.6. The molecule has 0 amide bonds. The van der Waals surface area contributed by atoms with Crippen LogP contribution in [-0.2, 0) is 17.2 Å². The van der Waals surface area contributed by atoms with Gasteiger partial charge in [-0.1, -0.05) is 17.7 Å². The van der Waals surface area contributed by atoms with Gasteiger partial charge in [0.2, 0.25) is 0 Å². The van der Waals surface area contributed by atoms with E-state index in [2.05, 4.69) is 13.0 Å². The lowest BCUT2D eigenvalue weighted by atomic mass is 10.1. The van der Waals surface area contributed by atoms with E-state index in [1.807, 2.05) is 12.1 Å². The van der Waals surface area contributed by atoms with Crippen LogP contribution < -0.4 is 10.5 Å². The monoisotopic (exact) mass is 239 g/mol. The molecule has 0 bridgehead atoms. The molecule has 4 heteroatoms. The zero-order valence-corrected chi connectivity index (χ0v) is 10.3. The fourth-order valence-electron chi connectivity index (χ4n) is 1.96. The quantitative estimate of drug-likeness (QED) is 0.853. The molecule has 3 nitrogen and oxygen atoms in total. The average molecular weight is 239 g/mol. The molecule has 0 saturated heterocycles. The Bertz CT molecular complexity index is 406. The predicted molar refractivity (Wildman–Crippen MR) is 66.2 cm³/mol. The van der Waals surface area contributed by atoms with Crippen molar-refractivity contribution in [2.45, 2.75) is 19.4 Å². The Balaban J connectivity index is 1.97. The fourth-order valence-corrected chi connectivity index (χ4v) is 2.99. The van der Waals surface area contributed by atoms with Gasteiger partial charge < -0.3 is 10.5 Å². The highest BCUT2D eigenvalue weighted by molar-refractivity contribution is 7.85. The Morgan fingerprint density at radius 1 is 1.56 bits per heavy atom. The lowest BCUT2D eigenvalue weighted by molar-refractivity contribution is 0.258. The summed E-state index contributed by atoms with van der Waals surface area (Å²) in [5, 5.41) is 0. The van der Waals surface area contributed by atoms with Crippen LogP contribution in [0.3, 0.4) is 0 Å². The SMILES string of the molecule is Cc1ccc2c(c1)CC(CS(=O)CCN)O2. The van der Waals surface area contributed by atoms with E-state index in [-0.39, 0.29) is 6.10 Å².